The van der Waals surface area contributed by atoms with Crippen molar-refractivity contribution in [3.63, 3.8) is 0 Å². The number of hydrogen-bond donors (Lipinski definition) is 1. The summed E-state index contributed by atoms with van der Waals surface area (Å²) in [5, 5.41) is 3.23. The van der Waals surface area contributed by atoms with E-state index in [2.05, 4.69) is 11.9 Å². The maximum atomic E-state index is 11.9. The smallest absolute Gasteiger partial charge is 0.238 e. The number of carbonyl (C=O) groups is 1. The Labute approximate surface area is 125 Å². The number of ether oxygens (including phenoxy) is 2. The van der Waals surface area contributed by atoms with Crippen LogP contribution in [0.3, 0.4) is 0 Å². The third-order valence-corrected chi connectivity index (χ3v) is 3.32. The molecular formula is C16H22N2O3. The van der Waals surface area contributed by atoms with Crippen LogP contribution in [0.1, 0.15) is 18.7 Å². The summed E-state index contributed by atoms with van der Waals surface area (Å²) in [6.07, 6.45) is 1.62. The van der Waals surface area contributed by atoms with Crippen molar-refractivity contribution in [2.24, 2.45) is 0 Å². The van der Waals surface area contributed by atoms with Crippen LogP contribution >= 0.6 is 0 Å². The molecule has 0 spiro atoms. The molecule has 1 aromatic carbocycles. The van der Waals surface area contributed by atoms with Gasteiger partial charge in [-0.25, -0.2) is 0 Å². The third-order valence-electron chi connectivity index (χ3n) is 3.32. The third kappa shape index (κ3) is 4.06. The minimum Gasteiger partial charge on any atom is -0.490 e. The average molecular weight is 290 g/mol. The Bertz CT molecular complexity index is 473. The maximum absolute atomic E-state index is 11.9. The first-order chi connectivity index (χ1) is 10.3. The first-order valence-electron chi connectivity index (χ1n) is 7.20. The molecular weight excluding hydrogens is 268 g/mol. The van der Waals surface area contributed by atoms with Crippen LogP contribution < -0.4 is 10.1 Å². The summed E-state index contributed by atoms with van der Waals surface area (Å²) in [5.74, 6) is 0.899. The number of carbonyl (C=O) groups excluding carboxylic acids is 1. The predicted octanol–water partition coefficient (Wildman–Crippen LogP) is 1.72. The normalized spacial score (nSPS) is 18.0. The van der Waals surface area contributed by atoms with Gasteiger partial charge in [-0.15, -0.1) is 0 Å². The lowest BCUT2D eigenvalue weighted by Gasteiger charge is -2.24. The van der Waals surface area contributed by atoms with Gasteiger partial charge in [-0.05, 0) is 24.6 Å². The van der Waals surface area contributed by atoms with Crippen LogP contribution in [0.4, 0.5) is 0 Å². The Morgan fingerprint density at radius 3 is 2.86 bits per heavy atom. The van der Waals surface area contributed by atoms with Crippen molar-refractivity contribution < 1.29 is 14.3 Å². The standard InChI is InChI=1S/C16H22N2O3/c1-3-10-21-14-7-5-13(6-8-14)16-17-12-15(19)18(16)9-11-20-4-2/h3,5-8,16-17H,1,4,9-12H2,2H3. The molecule has 114 valence electrons. The fourth-order valence-electron chi connectivity index (χ4n) is 2.30. The van der Waals surface area contributed by atoms with Crippen LogP contribution in [-0.2, 0) is 9.53 Å². The highest BCUT2D eigenvalue weighted by Crippen LogP contribution is 2.24. The lowest BCUT2D eigenvalue weighted by molar-refractivity contribution is -0.128. The van der Waals surface area contributed by atoms with Gasteiger partial charge in [-0.1, -0.05) is 24.8 Å². The Balaban J connectivity index is 2.01. The van der Waals surface area contributed by atoms with Crippen LogP contribution in [0.5, 0.6) is 5.75 Å². The van der Waals surface area contributed by atoms with Crippen LogP contribution in [0.15, 0.2) is 36.9 Å². The highest BCUT2D eigenvalue weighted by atomic mass is 16.5. The van der Waals surface area contributed by atoms with Crippen molar-refractivity contribution >= 4 is 5.91 Å². The molecule has 0 saturated carbocycles. The quantitative estimate of drug-likeness (QED) is 0.585. The van der Waals surface area contributed by atoms with E-state index < -0.39 is 0 Å². The molecule has 0 aromatic heterocycles. The molecule has 5 heteroatoms. The monoisotopic (exact) mass is 290 g/mol. The van der Waals surface area contributed by atoms with Crippen LogP contribution in [0.25, 0.3) is 0 Å². The van der Waals surface area contributed by atoms with Crippen molar-refractivity contribution in [1.82, 2.24) is 10.2 Å². The van der Waals surface area contributed by atoms with E-state index >= 15 is 0 Å². The Morgan fingerprint density at radius 1 is 1.43 bits per heavy atom. The average Bonchev–Trinajstić information content (AvgIpc) is 2.87. The zero-order chi connectivity index (χ0) is 15.1. The van der Waals surface area contributed by atoms with E-state index in [1.54, 1.807) is 6.08 Å². The number of benzene rings is 1. The molecule has 0 radical (unpaired) electrons. The summed E-state index contributed by atoms with van der Waals surface area (Å²) in [6, 6.07) is 7.76. The molecule has 1 unspecified atom stereocenters. The SMILES string of the molecule is C=CCOc1ccc(C2NCC(=O)N2CCOCC)cc1. The van der Waals surface area contributed by atoms with Crippen molar-refractivity contribution in [3.05, 3.63) is 42.5 Å². The molecule has 1 aliphatic rings. The zero-order valence-corrected chi connectivity index (χ0v) is 12.4. The molecule has 1 amide bonds. The number of nitrogens with zero attached hydrogens (tertiary/aromatic N) is 1. The fourth-order valence-corrected chi connectivity index (χ4v) is 2.30. The van der Waals surface area contributed by atoms with Crippen molar-refractivity contribution in [2.75, 3.05) is 32.9 Å². The van der Waals surface area contributed by atoms with Gasteiger partial charge in [0.05, 0.1) is 13.2 Å². The highest BCUT2D eigenvalue weighted by Gasteiger charge is 2.31. The van der Waals surface area contributed by atoms with Gasteiger partial charge in [0.15, 0.2) is 0 Å². The summed E-state index contributed by atoms with van der Waals surface area (Å²) in [5.41, 5.74) is 1.04. The molecule has 5 nitrogen and oxygen atoms in total. The highest BCUT2D eigenvalue weighted by molar-refractivity contribution is 5.80. The van der Waals surface area contributed by atoms with E-state index in [-0.39, 0.29) is 12.1 Å². The second-order valence-electron chi connectivity index (χ2n) is 4.74. The van der Waals surface area contributed by atoms with Gasteiger partial charge in [-0.3, -0.25) is 10.1 Å². The molecule has 0 aliphatic carbocycles. The Kier molecular flexibility index (Phi) is 5.78. The van der Waals surface area contributed by atoms with Gasteiger partial charge < -0.3 is 14.4 Å². The molecule has 1 atom stereocenters. The molecule has 1 N–H and O–H groups in total. The summed E-state index contributed by atoms with van der Waals surface area (Å²) in [6.45, 7) is 8.23. The summed E-state index contributed by atoms with van der Waals surface area (Å²) < 4.78 is 10.8. The van der Waals surface area contributed by atoms with Crippen molar-refractivity contribution in [3.8, 4) is 5.75 Å². The molecule has 21 heavy (non-hydrogen) atoms. The predicted molar refractivity (Wildman–Crippen MR) is 81.1 cm³/mol. The molecule has 1 aliphatic heterocycles. The van der Waals surface area contributed by atoms with Gasteiger partial charge in [-0.2, -0.15) is 0 Å². The van der Waals surface area contributed by atoms with Gasteiger partial charge in [0.1, 0.15) is 18.5 Å². The van der Waals surface area contributed by atoms with Crippen LogP contribution in [-0.4, -0.2) is 43.7 Å². The van der Waals surface area contributed by atoms with Crippen LogP contribution in [0.2, 0.25) is 0 Å². The molecule has 2 rings (SSSR count). The van der Waals surface area contributed by atoms with E-state index in [0.717, 1.165) is 11.3 Å². The Hall–Kier alpha value is -1.85. The first kappa shape index (κ1) is 15.5. The Morgan fingerprint density at radius 2 is 2.19 bits per heavy atom. The zero-order valence-electron chi connectivity index (χ0n) is 12.4. The topological polar surface area (TPSA) is 50.8 Å². The molecule has 0 bridgehead atoms. The van der Waals surface area contributed by atoms with Gasteiger partial charge in [0.25, 0.3) is 0 Å². The minimum absolute atomic E-state index is 0.0913. The summed E-state index contributed by atoms with van der Waals surface area (Å²) >= 11 is 0. The second kappa shape index (κ2) is 7.81. The second-order valence-corrected chi connectivity index (χ2v) is 4.74. The van der Waals surface area contributed by atoms with Crippen molar-refractivity contribution in [2.45, 2.75) is 13.1 Å². The van der Waals surface area contributed by atoms with E-state index in [0.29, 0.717) is 32.9 Å². The van der Waals surface area contributed by atoms with E-state index in [1.807, 2.05) is 36.1 Å². The van der Waals surface area contributed by atoms with Gasteiger partial charge in [0.2, 0.25) is 5.91 Å². The number of amides is 1. The molecule has 1 saturated heterocycles. The number of nitrogens with one attached hydrogen (secondary N) is 1. The number of rotatable bonds is 8. The van der Waals surface area contributed by atoms with Gasteiger partial charge in [0, 0.05) is 13.2 Å². The lowest BCUT2D eigenvalue weighted by Crippen LogP contribution is -2.33. The van der Waals surface area contributed by atoms with Gasteiger partial charge >= 0.3 is 0 Å². The summed E-state index contributed by atoms with van der Waals surface area (Å²) in [7, 11) is 0. The maximum Gasteiger partial charge on any atom is 0.238 e. The van der Waals surface area contributed by atoms with Crippen molar-refractivity contribution in [1.29, 1.82) is 0 Å². The molecule has 1 aromatic rings. The minimum atomic E-state index is -0.0913. The van der Waals surface area contributed by atoms with Crippen LogP contribution in [0, 0.1) is 0 Å². The molecule has 1 heterocycles. The van der Waals surface area contributed by atoms with E-state index in [9.17, 15) is 4.79 Å². The summed E-state index contributed by atoms with van der Waals surface area (Å²) in [4.78, 5) is 13.7. The largest absolute Gasteiger partial charge is 0.490 e. The molecule has 1 fully saturated rings. The van der Waals surface area contributed by atoms with E-state index in [1.165, 1.54) is 0 Å². The lowest BCUT2D eigenvalue weighted by atomic mass is 10.1. The van der Waals surface area contributed by atoms with E-state index in [4.69, 9.17) is 9.47 Å². The number of hydrogen-bond acceptors (Lipinski definition) is 4. The fraction of sp³-hybridized carbons (Fsp3) is 0.438. The first-order valence-corrected chi connectivity index (χ1v) is 7.20.